The first kappa shape index (κ1) is 17.5. The van der Waals surface area contributed by atoms with Crippen LogP contribution in [0.5, 0.6) is 0 Å². The molecule has 0 spiro atoms. The van der Waals surface area contributed by atoms with Gasteiger partial charge in [-0.1, -0.05) is 6.07 Å². The van der Waals surface area contributed by atoms with Gasteiger partial charge in [-0.2, -0.15) is 0 Å². The second kappa shape index (κ2) is 8.15. The molecule has 0 radical (unpaired) electrons. The molecule has 0 aromatic carbocycles. The van der Waals surface area contributed by atoms with Crippen LogP contribution in [0.4, 0.5) is 0 Å². The van der Waals surface area contributed by atoms with Crippen molar-refractivity contribution in [1.29, 1.82) is 0 Å². The highest BCUT2D eigenvalue weighted by Crippen LogP contribution is 2.12. The fourth-order valence-corrected chi connectivity index (χ4v) is 2.55. The molecule has 1 amide bonds. The maximum absolute atomic E-state index is 12.2. The number of hydrogen-bond donors (Lipinski definition) is 1. The quantitative estimate of drug-likeness (QED) is 0.686. The van der Waals surface area contributed by atoms with Gasteiger partial charge in [-0.25, -0.2) is 9.97 Å². The number of carbonyl (C=O) groups excluding carboxylic acids is 1. The van der Waals surface area contributed by atoms with Crippen molar-refractivity contribution in [2.45, 2.75) is 19.9 Å². The van der Waals surface area contributed by atoms with Crippen LogP contribution in [-0.4, -0.2) is 32.0 Å². The van der Waals surface area contributed by atoms with E-state index in [4.69, 9.17) is 0 Å². The summed E-state index contributed by atoms with van der Waals surface area (Å²) in [7, 11) is 0. The van der Waals surface area contributed by atoms with Crippen molar-refractivity contribution in [2.24, 2.45) is 0 Å². The predicted molar refractivity (Wildman–Crippen MR) is 97.7 cm³/mol. The highest BCUT2D eigenvalue weighted by Gasteiger charge is 2.08. The smallest absolute Gasteiger partial charge is 0.254 e. The van der Waals surface area contributed by atoms with Gasteiger partial charge in [0.15, 0.2) is 5.82 Å². The van der Waals surface area contributed by atoms with Crippen molar-refractivity contribution in [3.63, 3.8) is 0 Å². The maximum atomic E-state index is 12.2. The molecule has 3 aromatic rings. The zero-order chi connectivity index (χ0) is 18.4. The Kier molecular flexibility index (Phi) is 5.48. The molecule has 0 aliphatic rings. The van der Waals surface area contributed by atoms with Gasteiger partial charge < -0.3 is 9.88 Å². The minimum Gasteiger partial charge on any atom is -0.352 e. The van der Waals surface area contributed by atoms with Crippen LogP contribution in [0, 0.1) is 6.92 Å². The Bertz CT molecular complexity index is 936. The summed E-state index contributed by atoms with van der Waals surface area (Å²) in [5.74, 6) is 0.311. The van der Waals surface area contributed by atoms with Crippen LogP contribution in [0.2, 0.25) is 0 Å². The summed E-state index contributed by atoms with van der Waals surface area (Å²) in [6.45, 7) is 2.91. The lowest BCUT2D eigenvalue weighted by Crippen LogP contribution is -2.27. The van der Waals surface area contributed by atoms with Gasteiger partial charge in [0, 0.05) is 55.2 Å². The Morgan fingerprint density at radius 2 is 1.85 bits per heavy atom. The number of pyridine rings is 2. The standard InChI is InChI=1S/C19H19N5O2/c1-14-4-2-5-17(25)24(14)11-3-8-21-19(26)16-12-22-18(23-13-16)15-6-9-20-10-7-15/h2,4-7,9-10,12-13H,3,8,11H2,1H3,(H,21,26). The van der Waals surface area contributed by atoms with Crippen LogP contribution >= 0.6 is 0 Å². The van der Waals surface area contributed by atoms with Crippen LogP contribution < -0.4 is 10.9 Å². The van der Waals surface area contributed by atoms with Crippen molar-refractivity contribution < 1.29 is 4.79 Å². The predicted octanol–water partition coefficient (Wildman–Crippen LogP) is 1.83. The van der Waals surface area contributed by atoms with Crippen LogP contribution in [0.15, 0.2) is 59.9 Å². The van der Waals surface area contributed by atoms with E-state index in [-0.39, 0.29) is 11.5 Å². The molecule has 3 aromatic heterocycles. The zero-order valence-electron chi connectivity index (χ0n) is 14.4. The number of aromatic nitrogens is 4. The summed E-state index contributed by atoms with van der Waals surface area (Å²) >= 11 is 0. The number of nitrogens with one attached hydrogen (secondary N) is 1. The third-order valence-electron chi connectivity index (χ3n) is 3.96. The normalized spacial score (nSPS) is 10.5. The second-order valence-electron chi connectivity index (χ2n) is 5.80. The van der Waals surface area contributed by atoms with Gasteiger partial charge in [0.05, 0.1) is 5.56 Å². The van der Waals surface area contributed by atoms with E-state index in [0.29, 0.717) is 30.9 Å². The minimum absolute atomic E-state index is 0.0311. The summed E-state index contributed by atoms with van der Waals surface area (Å²) in [5.41, 5.74) is 2.12. The molecule has 0 atom stereocenters. The molecule has 1 N–H and O–H groups in total. The first-order valence-electron chi connectivity index (χ1n) is 8.32. The Morgan fingerprint density at radius 1 is 1.12 bits per heavy atom. The monoisotopic (exact) mass is 349 g/mol. The van der Waals surface area contributed by atoms with Crippen LogP contribution in [0.3, 0.4) is 0 Å². The lowest BCUT2D eigenvalue weighted by molar-refractivity contribution is 0.0952. The Balaban J connectivity index is 1.53. The first-order chi connectivity index (χ1) is 12.6. The van der Waals surface area contributed by atoms with Gasteiger partial charge >= 0.3 is 0 Å². The van der Waals surface area contributed by atoms with Crippen molar-refractivity contribution in [2.75, 3.05) is 6.54 Å². The molecular formula is C19H19N5O2. The number of nitrogens with zero attached hydrogens (tertiary/aromatic N) is 4. The summed E-state index contributed by atoms with van der Waals surface area (Å²) in [4.78, 5) is 36.4. The molecule has 0 saturated heterocycles. The molecule has 26 heavy (non-hydrogen) atoms. The van der Waals surface area contributed by atoms with Crippen molar-refractivity contribution in [1.82, 2.24) is 24.8 Å². The highest BCUT2D eigenvalue weighted by atomic mass is 16.1. The molecule has 0 saturated carbocycles. The molecule has 0 aliphatic carbocycles. The fraction of sp³-hybridized carbons (Fsp3) is 0.211. The topological polar surface area (TPSA) is 89.8 Å². The number of amides is 1. The summed E-state index contributed by atoms with van der Waals surface area (Å²) in [6.07, 6.45) is 7.00. The maximum Gasteiger partial charge on any atom is 0.254 e. The average Bonchev–Trinajstić information content (AvgIpc) is 2.68. The first-order valence-corrected chi connectivity index (χ1v) is 8.32. The van der Waals surface area contributed by atoms with Gasteiger partial charge in [-0.15, -0.1) is 0 Å². The lowest BCUT2D eigenvalue weighted by Gasteiger charge is -2.10. The molecule has 0 bridgehead atoms. The zero-order valence-corrected chi connectivity index (χ0v) is 14.4. The summed E-state index contributed by atoms with van der Waals surface area (Å²) < 4.78 is 1.69. The molecule has 0 fully saturated rings. The van der Waals surface area contributed by atoms with Gasteiger partial charge in [-0.05, 0) is 31.5 Å². The van der Waals surface area contributed by atoms with Crippen molar-refractivity contribution in [3.8, 4) is 11.4 Å². The van der Waals surface area contributed by atoms with Gasteiger partial charge in [0.2, 0.25) is 0 Å². The second-order valence-corrected chi connectivity index (χ2v) is 5.80. The Hall–Kier alpha value is -3.35. The fourth-order valence-electron chi connectivity index (χ4n) is 2.55. The van der Waals surface area contributed by atoms with E-state index in [1.165, 1.54) is 18.5 Å². The van der Waals surface area contributed by atoms with Gasteiger partial charge in [-0.3, -0.25) is 14.6 Å². The van der Waals surface area contributed by atoms with Crippen molar-refractivity contribution >= 4 is 5.91 Å². The number of rotatable bonds is 6. The molecule has 7 nitrogen and oxygen atoms in total. The third-order valence-corrected chi connectivity index (χ3v) is 3.96. The largest absolute Gasteiger partial charge is 0.352 e. The van der Waals surface area contributed by atoms with E-state index in [1.54, 1.807) is 23.0 Å². The Morgan fingerprint density at radius 3 is 2.54 bits per heavy atom. The molecule has 3 rings (SSSR count). The van der Waals surface area contributed by atoms with E-state index in [1.807, 2.05) is 25.1 Å². The van der Waals surface area contributed by atoms with E-state index in [2.05, 4.69) is 20.3 Å². The number of hydrogen-bond acceptors (Lipinski definition) is 5. The summed E-state index contributed by atoms with van der Waals surface area (Å²) in [5, 5.41) is 2.82. The van der Waals surface area contributed by atoms with Crippen molar-refractivity contribution in [3.05, 3.63) is 76.7 Å². The van der Waals surface area contributed by atoms with E-state index >= 15 is 0 Å². The number of aryl methyl sites for hydroxylation is 1. The van der Waals surface area contributed by atoms with E-state index in [0.717, 1.165) is 11.3 Å². The SMILES string of the molecule is Cc1cccc(=O)n1CCCNC(=O)c1cnc(-c2ccncc2)nc1. The highest BCUT2D eigenvalue weighted by molar-refractivity contribution is 5.93. The molecule has 0 aliphatic heterocycles. The molecule has 7 heteroatoms. The number of carbonyl (C=O) groups is 1. The molecule has 3 heterocycles. The average molecular weight is 349 g/mol. The van der Waals surface area contributed by atoms with Gasteiger partial charge in [0.25, 0.3) is 11.5 Å². The Labute approximate surface area is 150 Å². The van der Waals surface area contributed by atoms with E-state index < -0.39 is 0 Å². The lowest BCUT2D eigenvalue weighted by atomic mass is 10.2. The molecule has 0 unspecified atom stereocenters. The van der Waals surface area contributed by atoms with E-state index in [9.17, 15) is 9.59 Å². The van der Waals surface area contributed by atoms with Gasteiger partial charge in [0.1, 0.15) is 0 Å². The molecule has 132 valence electrons. The third kappa shape index (κ3) is 4.18. The van der Waals surface area contributed by atoms with Crippen LogP contribution in [0.25, 0.3) is 11.4 Å². The minimum atomic E-state index is -0.233. The molecular weight excluding hydrogens is 330 g/mol. The van der Waals surface area contributed by atoms with Crippen LogP contribution in [0.1, 0.15) is 22.5 Å². The summed E-state index contributed by atoms with van der Waals surface area (Å²) in [6, 6.07) is 8.78. The van der Waals surface area contributed by atoms with Crippen LogP contribution in [-0.2, 0) is 6.54 Å².